The highest BCUT2D eigenvalue weighted by Gasteiger charge is 2.07. The van der Waals surface area contributed by atoms with Crippen LogP contribution in [-0.2, 0) is 0 Å². The number of nitrogens with zero attached hydrogens (tertiary/aromatic N) is 2. The fourth-order valence-corrected chi connectivity index (χ4v) is 2.64. The Hall–Kier alpha value is -3.47. The monoisotopic (exact) mass is 314 g/mol. The molecule has 24 heavy (non-hydrogen) atoms. The van der Waals surface area contributed by atoms with Crippen LogP contribution in [0.1, 0.15) is 0 Å². The van der Waals surface area contributed by atoms with E-state index in [0.717, 1.165) is 27.5 Å². The smallest absolute Gasteiger partial charge is 0.308 e. The van der Waals surface area contributed by atoms with Crippen molar-refractivity contribution in [3.63, 3.8) is 0 Å². The van der Waals surface area contributed by atoms with E-state index in [1.54, 1.807) is 18.5 Å². The van der Waals surface area contributed by atoms with Gasteiger partial charge in [-0.05, 0) is 36.4 Å². The van der Waals surface area contributed by atoms with Crippen LogP contribution in [0.4, 0.5) is 16.2 Å². The lowest BCUT2D eigenvalue weighted by Gasteiger charge is -2.10. The van der Waals surface area contributed by atoms with Crippen molar-refractivity contribution >= 4 is 39.2 Å². The molecule has 2 aromatic heterocycles. The summed E-state index contributed by atoms with van der Waals surface area (Å²) in [7, 11) is 0. The minimum absolute atomic E-state index is 0.297. The molecule has 0 atom stereocenters. The van der Waals surface area contributed by atoms with Crippen LogP contribution >= 0.6 is 0 Å². The highest BCUT2D eigenvalue weighted by Crippen LogP contribution is 2.22. The summed E-state index contributed by atoms with van der Waals surface area (Å²) >= 11 is 0. The second kappa shape index (κ2) is 5.96. The Morgan fingerprint density at radius 3 is 2.62 bits per heavy atom. The SMILES string of the molecule is O=C(Nc1ccc2ncccc2c1)Nc1ccnc2ccccc12. The number of aromatic nitrogens is 2. The average molecular weight is 314 g/mol. The Morgan fingerprint density at radius 1 is 0.792 bits per heavy atom. The van der Waals surface area contributed by atoms with E-state index >= 15 is 0 Å². The van der Waals surface area contributed by atoms with Crippen molar-refractivity contribution in [1.29, 1.82) is 0 Å². The van der Waals surface area contributed by atoms with Gasteiger partial charge in [-0.2, -0.15) is 0 Å². The molecule has 2 amide bonds. The Morgan fingerprint density at radius 2 is 1.67 bits per heavy atom. The maximum Gasteiger partial charge on any atom is 0.323 e. The van der Waals surface area contributed by atoms with Gasteiger partial charge in [0.15, 0.2) is 0 Å². The van der Waals surface area contributed by atoms with Gasteiger partial charge in [0.2, 0.25) is 0 Å². The molecule has 2 heterocycles. The maximum atomic E-state index is 12.3. The van der Waals surface area contributed by atoms with Crippen LogP contribution < -0.4 is 10.6 Å². The number of amides is 2. The molecule has 5 heteroatoms. The van der Waals surface area contributed by atoms with Gasteiger partial charge in [0, 0.05) is 28.9 Å². The van der Waals surface area contributed by atoms with Crippen LogP contribution in [0.2, 0.25) is 0 Å². The van der Waals surface area contributed by atoms with Gasteiger partial charge in [0.05, 0.1) is 16.7 Å². The molecule has 2 N–H and O–H groups in total. The van der Waals surface area contributed by atoms with Crippen molar-refractivity contribution in [2.24, 2.45) is 0 Å². The zero-order valence-electron chi connectivity index (χ0n) is 12.7. The van der Waals surface area contributed by atoms with Crippen LogP contribution in [0.25, 0.3) is 21.8 Å². The van der Waals surface area contributed by atoms with Crippen LogP contribution in [0, 0.1) is 0 Å². The lowest BCUT2D eigenvalue weighted by atomic mass is 10.2. The number of anilines is 2. The number of nitrogens with one attached hydrogen (secondary N) is 2. The maximum absolute atomic E-state index is 12.3. The van der Waals surface area contributed by atoms with Gasteiger partial charge in [-0.3, -0.25) is 9.97 Å². The first-order valence-electron chi connectivity index (χ1n) is 7.56. The van der Waals surface area contributed by atoms with Gasteiger partial charge in [-0.25, -0.2) is 4.79 Å². The third kappa shape index (κ3) is 2.75. The second-order valence-electron chi connectivity index (χ2n) is 5.37. The van der Waals surface area contributed by atoms with Crippen LogP contribution in [0.3, 0.4) is 0 Å². The molecular weight excluding hydrogens is 300 g/mol. The summed E-state index contributed by atoms with van der Waals surface area (Å²) in [6.45, 7) is 0. The molecule has 0 bridgehead atoms. The van der Waals surface area contributed by atoms with E-state index in [-0.39, 0.29) is 6.03 Å². The summed E-state index contributed by atoms with van der Waals surface area (Å²) < 4.78 is 0. The number of benzene rings is 2. The van der Waals surface area contributed by atoms with Gasteiger partial charge in [0.25, 0.3) is 0 Å². The molecule has 0 radical (unpaired) electrons. The highest BCUT2D eigenvalue weighted by atomic mass is 16.2. The van der Waals surface area contributed by atoms with Gasteiger partial charge in [0.1, 0.15) is 0 Å². The topological polar surface area (TPSA) is 66.9 Å². The molecular formula is C19H14N4O. The molecule has 116 valence electrons. The van der Waals surface area contributed by atoms with E-state index in [2.05, 4.69) is 20.6 Å². The van der Waals surface area contributed by atoms with Crippen LogP contribution in [-0.4, -0.2) is 16.0 Å². The van der Waals surface area contributed by atoms with Crippen molar-refractivity contribution < 1.29 is 4.79 Å². The van der Waals surface area contributed by atoms with Crippen molar-refractivity contribution in [2.75, 3.05) is 10.6 Å². The standard InChI is InChI=1S/C19H14N4O/c24-19(22-14-7-8-16-13(12-14)4-3-10-20-16)23-18-9-11-21-17-6-2-1-5-15(17)18/h1-12H,(H2,21,22,23,24). The molecule has 0 aliphatic heterocycles. The molecule has 0 aliphatic rings. The van der Waals surface area contributed by atoms with Crippen molar-refractivity contribution in [3.8, 4) is 0 Å². The van der Waals surface area contributed by atoms with E-state index < -0.39 is 0 Å². The van der Waals surface area contributed by atoms with E-state index in [9.17, 15) is 4.79 Å². The van der Waals surface area contributed by atoms with Gasteiger partial charge in [-0.1, -0.05) is 24.3 Å². The first kappa shape index (κ1) is 14.1. The lowest BCUT2D eigenvalue weighted by Crippen LogP contribution is -2.19. The molecule has 0 saturated carbocycles. The van der Waals surface area contributed by atoms with Crippen molar-refractivity contribution in [2.45, 2.75) is 0 Å². The third-order valence-corrected chi connectivity index (χ3v) is 3.76. The minimum Gasteiger partial charge on any atom is -0.308 e. The van der Waals surface area contributed by atoms with Gasteiger partial charge >= 0.3 is 6.03 Å². The molecule has 0 aliphatic carbocycles. The molecule has 5 nitrogen and oxygen atoms in total. The fourth-order valence-electron chi connectivity index (χ4n) is 2.64. The number of rotatable bonds is 2. The van der Waals surface area contributed by atoms with Crippen molar-refractivity contribution in [1.82, 2.24) is 9.97 Å². The quantitative estimate of drug-likeness (QED) is 0.575. The zero-order chi connectivity index (χ0) is 16.4. The number of carbonyl (C=O) groups is 1. The molecule has 0 unspecified atom stereocenters. The number of para-hydroxylation sites is 1. The van der Waals surface area contributed by atoms with Crippen LogP contribution in [0.5, 0.6) is 0 Å². The summed E-state index contributed by atoms with van der Waals surface area (Å²) in [6, 6.07) is 18.6. The average Bonchev–Trinajstić information content (AvgIpc) is 2.62. The predicted octanol–water partition coefficient (Wildman–Crippen LogP) is 4.43. The number of hydrogen-bond donors (Lipinski definition) is 2. The van der Waals surface area contributed by atoms with Crippen LogP contribution in [0.15, 0.2) is 73.1 Å². The predicted molar refractivity (Wildman–Crippen MR) is 96.1 cm³/mol. The summed E-state index contributed by atoms with van der Waals surface area (Å²) in [5, 5.41) is 7.60. The number of carbonyl (C=O) groups excluding carboxylic acids is 1. The Bertz CT molecular complexity index is 1040. The van der Waals surface area contributed by atoms with E-state index in [1.807, 2.05) is 54.6 Å². The van der Waals surface area contributed by atoms with E-state index in [1.165, 1.54) is 0 Å². The summed E-state index contributed by atoms with van der Waals surface area (Å²) in [6.07, 6.45) is 3.43. The largest absolute Gasteiger partial charge is 0.323 e. The van der Waals surface area contributed by atoms with E-state index in [4.69, 9.17) is 0 Å². The molecule has 0 saturated heterocycles. The fraction of sp³-hybridized carbons (Fsp3) is 0. The van der Waals surface area contributed by atoms with Gasteiger partial charge in [-0.15, -0.1) is 0 Å². The molecule has 0 fully saturated rings. The number of fused-ring (bicyclic) bond motifs is 2. The third-order valence-electron chi connectivity index (χ3n) is 3.76. The number of hydrogen-bond acceptors (Lipinski definition) is 3. The Balaban J connectivity index is 1.57. The highest BCUT2D eigenvalue weighted by molar-refractivity contribution is 6.05. The summed E-state index contributed by atoms with van der Waals surface area (Å²) in [5.74, 6) is 0. The normalized spacial score (nSPS) is 10.7. The summed E-state index contributed by atoms with van der Waals surface area (Å²) in [4.78, 5) is 20.9. The Labute approximate surface area is 138 Å². The van der Waals surface area contributed by atoms with Gasteiger partial charge < -0.3 is 10.6 Å². The van der Waals surface area contributed by atoms with Crippen molar-refractivity contribution in [3.05, 3.63) is 73.1 Å². The molecule has 4 aromatic rings. The molecule has 4 rings (SSSR count). The zero-order valence-corrected chi connectivity index (χ0v) is 12.7. The number of urea groups is 1. The first-order chi connectivity index (χ1) is 11.8. The number of pyridine rings is 2. The Kier molecular flexibility index (Phi) is 3.51. The molecule has 2 aromatic carbocycles. The molecule has 0 spiro atoms. The second-order valence-corrected chi connectivity index (χ2v) is 5.37. The minimum atomic E-state index is -0.297. The van der Waals surface area contributed by atoms with E-state index in [0.29, 0.717) is 5.69 Å². The summed E-state index contributed by atoms with van der Waals surface area (Å²) in [5.41, 5.74) is 3.17. The lowest BCUT2D eigenvalue weighted by molar-refractivity contribution is 0.262. The first-order valence-corrected chi connectivity index (χ1v) is 7.56.